The predicted molar refractivity (Wildman–Crippen MR) is 72.1 cm³/mol. The fourth-order valence-corrected chi connectivity index (χ4v) is 4.31. The number of aromatic nitrogens is 2. The molecule has 0 N–H and O–H groups in total. The summed E-state index contributed by atoms with van der Waals surface area (Å²) >= 11 is 0. The lowest BCUT2D eigenvalue weighted by atomic mass is 9.88. The standard InChI is InChI=1S/C16H20N2O/c19-15-4-2-1-3-14-13(15)9-17-16(18-14)12-8-10-5-6-11(12)7-10/h9-12H,1-8H2. The summed E-state index contributed by atoms with van der Waals surface area (Å²) in [5.41, 5.74) is 1.82. The Morgan fingerprint density at radius 3 is 2.79 bits per heavy atom. The van der Waals surface area contributed by atoms with Crippen LogP contribution >= 0.6 is 0 Å². The van der Waals surface area contributed by atoms with Crippen LogP contribution in [0.4, 0.5) is 0 Å². The zero-order valence-corrected chi connectivity index (χ0v) is 11.3. The highest BCUT2D eigenvalue weighted by Crippen LogP contribution is 2.52. The van der Waals surface area contributed by atoms with Crippen molar-refractivity contribution in [1.29, 1.82) is 0 Å². The fraction of sp³-hybridized carbons (Fsp3) is 0.688. The van der Waals surface area contributed by atoms with Gasteiger partial charge < -0.3 is 0 Å². The number of carbonyl (C=O) groups excluding carboxylic acids is 1. The van der Waals surface area contributed by atoms with Crippen molar-refractivity contribution in [1.82, 2.24) is 9.97 Å². The summed E-state index contributed by atoms with van der Waals surface area (Å²) in [5.74, 6) is 3.57. The molecule has 4 rings (SSSR count). The molecule has 3 aliphatic carbocycles. The molecule has 0 saturated heterocycles. The first-order chi connectivity index (χ1) is 9.31. The van der Waals surface area contributed by atoms with Gasteiger partial charge in [0.1, 0.15) is 5.82 Å². The van der Waals surface area contributed by atoms with Crippen molar-refractivity contribution < 1.29 is 4.79 Å². The van der Waals surface area contributed by atoms with E-state index in [1.54, 1.807) is 0 Å². The van der Waals surface area contributed by atoms with Gasteiger partial charge in [-0.05, 0) is 50.4 Å². The summed E-state index contributed by atoms with van der Waals surface area (Å²) < 4.78 is 0. The zero-order valence-electron chi connectivity index (χ0n) is 11.3. The third-order valence-electron chi connectivity index (χ3n) is 5.32. The van der Waals surface area contributed by atoms with Gasteiger partial charge in [0.25, 0.3) is 0 Å². The average Bonchev–Trinajstić information content (AvgIpc) is 3.01. The number of fused-ring (bicyclic) bond motifs is 3. The molecule has 3 atom stereocenters. The van der Waals surface area contributed by atoms with Gasteiger partial charge >= 0.3 is 0 Å². The summed E-state index contributed by atoms with van der Waals surface area (Å²) in [7, 11) is 0. The van der Waals surface area contributed by atoms with Crippen molar-refractivity contribution in [2.24, 2.45) is 11.8 Å². The highest BCUT2D eigenvalue weighted by molar-refractivity contribution is 5.97. The summed E-state index contributed by atoms with van der Waals surface area (Å²) in [6, 6.07) is 0. The molecule has 100 valence electrons. The van der Waals surface area contributed by atoms with Crippen molar-refractivity contribution in [2.45, 2.75) is 57.3 Å². The second-order valence-corrected chi connectivity index (χ2v) is 6.50. The number of carbonyl (C=O) groups is 1. The second-order valence-electron chi connectivity index (χ2n) is 6.50. The molecule has 0 amide bonds. The maximum absolute atomic E-state index is 12.0. The number of Topliss-reactive ketones (excluding diaryl/α,β-unsaturated/α-hetero) is 1. The Morgan fingerprint density at radius 2 is 2.00 bits per heavy atom. The first-order valence-electron chi connectivity index (χ1n) is 7.70. The van der Waals surface area contributed by atoms with Crippen LogP contribution in [0.15, 0.2) is 6.20 Å². The molecule has 1 heterocycles. The van der Waals surface area contributed by atoms with Crippen LogP contribution < -0.4 is 0 Å². The third-order valence-corrected chi connectivity index (χ3v) is 5.32. The predicted octanol–water partition coefficient (Wildman–Crippen LogP) is 3.29. The van der Waals surface area contributed by atoms with Crippen LogP contribution in [-0.4, -0.2) is 15.8 Å². The lowest BCUT2D eigenvalue weighted by molar-refractivity contribution is 0.0981. The normalized spacial score (nSPS) is 33.3. The van der Waals surface area contributed by atoms with Crippen LogP contribution in [0.1, 0.15) is 72.7 Å². The molecule has 19 heavy (non-hydrogen) atoms. The molecule has 1 aromatic rings. The van der Waals surface area contributed by atoms with E-state index < -0.39 is 0 Å². The van der Waals surface area contributed by atoms with E-state index in [1.165, 1.54) is 25.7 Å². The van der Waals surface area contributed by atoms with Crippen molar-refractivity contribution >= 4 is 5.78 Å². The SMILES string of the molecule is O=C1CCCCc2nc(C3CC4CCC3C4)ncc21. The molecular weight excluding hydrogens is 236 g/mol. The van der Waals surface area contributed by atoms with E-state index in [4.69, 9.17) is 4.98 Å². The van der Waals surface area contributed by atoms with Crippen LogP contribution in [0.2, 0.25) is 0 Å². The van der Waals surface area contributed by atoms with Gasteiger partial charge in [0.05, 0.1) is 11.3 Å². The van der Waals surface area contributed by atoms with Crippen molar-refractivity contribution in [3.05, 3.63) is 23.3 Å². The minimum Gasteiger partial charge on any atom is -0.294 e. The molecule has 0 aliphatic heterocycles. The average molecular weight is 256 g/mol. The van der Waals surface area contributed by atoms with Crippen LogP contribution in [0, 0.1) is 11.8 Å². The number of ketones is 1. The Balaban J connectivity index is 1.68. The molecule has 3 heteroatoms. The Kier molecular flexibility index (Phi) is 2.68. The number of hydrogen-bond donors (Lipinski definition) is 0. The number of hydrogen-bond acceptors (Lipinski definition) is 3. The van der Waals surface area contributed by atoms with E-state index in [1.807, 2.05) is 6.20 Å². The van der Waals surface area contributed by atoms with E-state index in [2.05, 4.69) is 4.98 Å². The topological polar surface area (TPSA) is 42.9 Å². The lowest BCUT2D eigenvalue weighted by Gasteiger charge is -2.20. The van der Waals surface area contributed by atoms with Gasteiger partial charge in [-0.25, -0.2) is 9.97 Å². The van der Waals surface area contributed by atoms with Crippen LogP contribution in [0.25, 0.3) is 0 Å². The fourth-order valence-electron chi connectivity index (χ4n) is 4.31. The number of aryl methyl sites for hydroxylation is 1. The molecule has 0 aromatic carbocycles. The van der Waals surface area contributed by atoms with Crippen molar-refractivity contribution in [3.8, 4) is 0 Å². The molecule has 2 bridgehead atoms. The van der Waals surface area contributed by atoms with Crippen LogP contribution in [-0.2, 0) is 6.42 Å². The lowest BCUT2D eigenvalue weighted by Crippen LogP contribution is -2.15. The summed E-state index contributed by atoms with van der Waals surface area (Å²) in [4.78, 5) is 21.3. The summed E-state index contributed by atoms with van der Waals surface area (Å²) in [6.45, 7) is 0. The smallest absolute Gasteiger partial charge is 0.166 e. The van der Waals surface area contributed by atoms with Gasteiger partial charge in [0.2, 0.25) is 0 Å². The second kappa shape index (κ2) is 4.39. The zero-order chi connectivity index (χ0) is 12.8. The first kappa shape index (κ1) is 11.6. The van der Waals surface area contributed by atoms with Gasteiger partial charge in [-0.15, -0.1) is 0 Å². The van der Waals surface area contributed by atoms with Gasteiger partial charge in [-0.2, -0.15) is 0 Å². The van der Waals surface area contributed by atoms with Crippen molar-refractivity contribution in [3.63, 3.8) is 0 Å². The van der Waals surface area contributed by atoms with Gasteiger partial charge in [-0.1, -0.05) is 6.42 Å². The third kappa shape index (κ3) is 1.90. The van der Waals surface area contributed by atoms with Gasteiger partial charge in [-0.3, -0.25) is 4.79 Å². The van der Waals surface area contributed by atoms with Crippen LogP contribution in [0.5, 0.6) is 0 Å². The van der Waals surface area contributed by atoms with E-state index in [0.29, 0.717) is 12.3 Å². The molecule has 1 aromatic heterocycles. The molecule has 2 fully saturated rings. The number of nitrogens with zero attached hydrogens (tertiary/aromatic N) is 2. The molecular formula is C16H20N2O. The molecule has 3 aliphatic rings. The maximum atomic E-state index is 12.0. The molecule has 3 nitrogen and oxygen atoms in total. The Bertz CT molecular complexity index is 525. The van der Waals surface area contributed by atoms with E-state index >= 15 is 0 Å². The molecule has 0 spiro atoms. The number of rotatable bonds is 1. The Labute approximate surface area is 113 Å². The molecule has 3 unspecified atom stereocenters. The summed E-state index contributed by atoms with van der Waals surface area (Å²) in [5, 5.41) is 0. The highest BCUT2D eigenvalue weighted by atomic mass is 16.1. The van der Waals surface area contributed by atoms with E-state index in [9.17, 15) is 4.79 Å². The highest BCUT2D eigenvalue weighted by Gasteiger charge is 2.41. The monoisotopic (exact) mass is 256 g/mol. The minimum absolute atomic E-state index is 0.243. The van der Waals surface area contributed by atoms with Crippen molar-refractivity contribution in [2.75, 3.05) is 0 Å². The maximum Gasteiger partial charge on any atom is 0.166 e. The van der Waals surface area contributed by atoms with Gasteiger partial charge in [0, 0.05) is 18.5 Å². The Morgan fingerprint density at radius 1 is 1.11 bits per heavy atom. The summed E-state index contributed by atoms with van der Waals surface area (Å²) in [6.07, 6.45) is 10.9. The Hall–Kier alpha value is -1.25. The van der Waals surface area contributed by atoms with Gasteiger partial charge in [0.15, 0.2) is 5.78 Å². The molecule has 2 saturated carbocycles. The first-order valence-corrected chi connectivity index (χ1v) is 7.70. The van der Waals surface area contributed by atoms with E-state index in [-0.39, 0.29) is 5.78 Å². The molecule has 0 radical (unpaired) electrons. The minimum atomic E-state index is 0.243. The largest absolute Gasteiger partial charge is 0.294 e. The van der Waals surface area contributed by atoms with Crippen LogP contribution in [0.3, 0.4) is 0 Å². The van der Waals surface area contributed by atoms with E-state index in [0.717, 1.165) is 48.2 Å². The quantitative estimate of drug-likeness (QED) is 0.724.